The molecule has 0 bridgehead atoms. The molecule has 1 atom stereocenters. The van der Waals surface area contributed by atoms with E-state index in [1.54, 1.807) is 19.1 Å². The van der Waals surface area contributed by atoms with Crippen molar-refractivity contribution in [2.24, 2.45) is 5.92 Å². The summed E-state index contributed by atoms with van der Waals surface area (Å²) < 4.78 is 16.1. The van der Waals surface area contributed by atoms with Crippen LogP contribution in [0.25, 0.3) is 6.08 Å². The second kappa shape index (κ2) is 8.53. The number of fused-ring (bicyclic) bond motifs is 1. The van der Waals surface area contributed by atoms with Crippen LogP contribution in [0, 0.1) is 17.2 Å². The fourth-order valence-electron chi connectivity index (χ4n) is 2.90. The van der Waals surface area contributed by atoms with Crippen molar-refractivity contribution in [1.82, 2.24) is 5.32 Å². The van der Waals surface area contributed by atoms with E-state index in [2.05, 4.69) is 11.4 Å². The average molecular weight is 405 g/mol. The molecule has 1 amide bonds. The summed E-state index contributed by atoms with van der Waals surface area (Å²) in [5, 5.41) is 12.3. The zero-order chi connectivity index (χ0) is 20.1. The molecule has 1 saturated carbocycles. The van der Waals surface area contributed by atoms with Gasteiger partial charge in [0.05, 0.1) is 24.3 Å². The van der Waals surface area contributed by atoms with E-state index in [0.29, 0.717) is 35.3 Å². The SMILES string of the molecule is C[C@](C#N)(NC(=O)COC(=O)/C=C/c1cc(Cl)c2c(c1)OCCCO2)C1CC1. The number of esters is 1. The van der Waals surface area contributed by atoms with Crippen molar-refractivity contribution in [2.75, 3.05) is 19.8 Å². The Hall–Kier alpha value is -2.72. The van der Waals surface area contributed by atoms with Gasteiger partial charge in [-0.15, -0.1) is 0 Å². The fourth-order valence-corrected chi connectivity index (χ4v) is 3.18. The molecule has 1 aromatic carbocycles. The van der Waals surface area contributed by atoms with Gasteiger partial charge in [-0.05, 0) is 49.5 Å². The molecule has 1 fully saturated rings. The summed E-state index contributed by atoms with van der Waals surface area (Å²) in [5.74, 6) is -0.0129. The third kappa shape index (κ3) is 4.96. The van der Waals surface area contributed by atoms with Crippen molar-refractivity contribution < 1.29 is 23.8 Å². The van der Waals surface area contributed by atoms with E-state index >= 15 is 0 Å². The molecule has 148 valence electrons. The second-order valence-electron chi connectivity index (χ2n) is 6.96. The van der Waals surface area contributed by atoms with E-state index in [0.717, 1.165) is 19.3 Å². The molecule has 0 radical (unpaired) electrons. The summed E-state index contributed by atoms with van der Waals surface area (Å²) in [6.07, 6.45) is 5.30. The largest absolute Gasteiger partial charge is 0.489 e. The smallest absolute Gasteiger partial charge is 0.331 e. The Bertz CT molecular complexity index is 844. The lowest BCUT2D eigenvalue weighted by Gasteiger charge is -2.22. The van der Waals surface area contributed by atoms with Crippen LogP contribution in [0.2, 0.25) is 5.02 Å². The molecule has 0 aromatic heterocycles. The van der Waals surface area contributed by atoms with Crippen LogP contribution in [0.1, 0.15) is 31.7 Å². The Labute approximate surface area is 168 Å². The van der Waals surface area contributed by atoms with Gasteiger partial charge in [0.1, 0.15) is 5.54 Å². The number of nitrogens with one attached hydrogen (secondary N) is 1. The van der Waals surface area contributed by atoms with Gasteiger partial charge in [-0.1, -0.05) is 11.6 Å². The maximum atomic E-state index is 12.0. The highest BCUT2D eigenvalue weighted by Gasteiger charge is 2.43. The molecule has 0 saturated heterocycles. The number of hydrogen-bond acceptors (Lipinski definition) is 6. The van der Waals surface area contributed by atoms with Crippen LogP contribution in [0.4, 0.5) is 0 Å². The van der Waals surface area contributed by atoms with Gasteiger partial charge in [-0.3, -0.25) is 4.79 Å². The van der Waals surface area contributed by atoms with Gasteiger partial charge in [0.15, 0.2) is 18.1 Å². The highest BCUT2D eigenvalue weighted by molar-refractivity contribution is 6.32. The van der Waals surface area contributed by atoms with Crippen molar-refractivity contribution in [3.63, 3.8) is 0 Å². The molecule has 2 aliphatic rings. The number of halogens is 1. The first-order valence-electron chi connectivity index (χ1n) is 9.07. The quantitative estimate of drug-likeness (QED) is 0.578. The molecule has 8 heteroatoms. The molecule has 28 heavy (non-hydrogen) atoms. The van der Waals surface area contributed by atoms with Crippen molar-refractivity contribution in [3.8, 4) is 17.6 Å². The molecular weight excluding hydrogens is 384 g/mol. The molecular formula is C20H21ClN2O5. The van der Waals surface area contributed by atoms with Crippen LogP contribution in [-0.2, 0) is 14.3 Å². The molecule has 0 spiro atoms. The van der Waals surface area contributed by atoms with Crippen LogP contribution in [0.5, 0.6) is 11.5 Å². The van der Waals surface area contributed by atoms with Crippen LogP contribution in [0.15, 0.2) is 18.2 Å². The molecule has 1 aromatic rings. The first kappa shape index (κ1) is 20.0. The van der Waals surface area contributed by atoms with E-state index in [4.69, 9.17) is 25.8 Å². The van der Waals surface area contributed by atoms with Crippen LogP contribution in [0.3, 0.4) is 0 Å². The first-order chi connectivity index (χ1) is 13.4. The lowest BCUT2D eigenvalue weighted by molar-refractivity contribution is -0.144. The van der Waals surface area contributed by atoms with Gasteiger partial charge in [0, 0.05) is 12.5 Å². The molecule has 1 N–H and O–H groups in total. The van der Waals surface area contributed by atoms with Gasteiger partial charge in [-0.25, -0.2) is 4.79 Å². The number of carbonyl (C=O) groups excluding carboxylic acids is 2. The molecule has 7 nitrogen and oxygen atoms in total. The number of ether oxygens (including phenoxy) is 3. The molecule has 1 heterocycles. The van der Waals surface area contributed by atoms with Crippen molar-refractivity contribution in [2.45, 2.75) is 31.7 Å². The maximum Gasteiger partial charge on any atom is 0.331 e. The monoisotopic (exact) mass is 404 g/mol. The fraction of sp³-hybridized carbons (Fsp3) is 0.450. The summed E-state index contributed by atoms with van der Waals surface area (Å²) in [5.41, 5.74) is -0.276. The Kier molecular flexibility index (Phi) is 6.10. The standard InChI is InChI=1S/C20H21ClN2O5/c1-20(12-22,14-4-5-14)23-17(24)11-28-18(25)6-3-13-9-15(21)19-16(10-13)26-7-2-8-27-19/h3,6,9-10,14H,2,4-5,7-8,11H2,1H3,(H,23,24)/b6-3+/t20-/m1/s1. The van der Waals surface area contributed by atoms with Gasteiger partial charge < -0.3 is 19.5 Å². The topological polar surface area (TPSA) is 97.7 Å². The normalized spacial score (nSPS) is 17.9. The predicted octanol–water partition coefficient (Wildman–Crippen LogP) is 2.87. The third-order valence-corrected chi connectivity index (χ3v) is 4.89. The highest BCUT2D eigenvalue weighted by Crippen LogP contribution is 2.39. The van der Waals surface area contributed by atoms with E-state index in [9.17, 15) is 14.9 Å². The number of carbonyl (C=O) groups is 2. The minimum absolute atomic E-state index is 0.154. The number of nitrogens with zero attached hydrogens (tertiary/aromatic N) is 1. The molecule has 3 rings (SSSR count). The Morgan fingerprint density at radius 3 is 2.86 bits per heavy atom. The number of nitriles is 1. The van der Waals surface area contributed by atoms with E-state index in [1.807, 2.05) is 0 Å². The summed E-state index contributed by atoms with van der Waals surface area (Å²) in [6.45, 7) is 2.28. The van der Waals surface area contributed by atoms with Crippen molar-refractivity contribution in [3.05, 3.63) is 28.8 Å². The number of benzene rings is 1. The maximum absolute atomic E-state index is 12.0. The minimum atomic E-state index is -0.917. The first-order valence-corrected chi connectivity index (χ1v) is 9.45. The van der Waals surface area contributed by atoms with Gasteiger partial charge >= 0.3 is 5.97 Å². The van der Waals surface area contributed by atoms with Gasteiger partial charge in [0.25, 0.3) is 5.91 Å². The number of hydrogen-bond donors (Lipinski definition) is 1. The van der Waals surface area contributed by atoms with Crippen molar-refractivity contribution in [1.29, 1.82) is 5.26 Å². The molecule has 1 aliphatic carbocycles. The number of rotatable bonds is 6. The molecule has 0 unspecified atom stereocenters. The summed E-state index contributed by atoms with van der Waals surface area (Å²) in [6, 6.07) is 5.49. The summed E-state index contributed by atoms with van der Waals surface area (Å²) in [4.78, 5) is 23.8. The predicted molar refractivity (Wildman–Crippen MR) is 102 cm³/mol. The lowest BCUT2D eigenvalue weighted by atomic mass is 9.98. The summed E-state index contributed by atoms with van der Waals surface area (Å²) >= 11 is 6.21. The van der Waals surface area contributed by atoms with E-state index in [1.165, 1.54) is 12.2 Å². The van der Waals surface area contributed by atoms with Crippen LogP contribution < -0.4 is 14.8 Å². The second-order valence-corrected chi connectivity index (χ2v) is 7.37. The van der Waals surface area contributed by atoms with Crippen molar-refractivity contribution >= 4 is 29.6 Å². The third-order valence-electron chi connectivity index (χ3n) is 4.61. The zero-order valence-electron chi connectivity index (χ0n) is 15.5. The van der Waals surface area contributed by atoms with Gasteiger partial charge in [0.2, 0.25) is 0 Å². The summed E-state index contributed by atoms with van der Waals surface area (Å²) in [7, 11) is 0. The minimum Gasteiger partial charge on any atom is -0.489 e. The molecule has 1 aliphatic heterocycles. The zero-order valence-corrected chi connectivity index (χ0v) is 16.3. The van der Waals surface area contributed by atoms with E-state index < -0.39 is 24.0 Å². The Morgan fingerprint density at radius 1 is 1.39 bits per heavy atom. The Balaban J connectivity index is 1.54. The van der Waals surface area contributed by atoms with Gasteiger partial charge in [-0.2, -0.15) is 5.26 Å². The number of amides is 1. The van der Waals surface area contributed by atoms with Crippen LogP contribution >= 0.6 is 11.6 Å². The highest BCUT2D eigenvalue weighted by atomic mass is 35.5. The van der Waals surface area contributed by atoms with Crippen LogP contribution in [-0.4, -0.2) is 37.2 Å². The lowest BCUT2D eigenvalue weighted by Crippen LogP contribution is -2.48. The van der Waals surface area contributed by atoms with E-state index in [-0.39, 0.29) is 5.92 Å². The average Bonchev–Trinajstić information content (AvgIpc) is 3.51. The Morgan fingerprint density at radius 2 is 2.14 bits per heavy atom.